The molecule has 1 amide bonds. The van der Waals surface area contributed by atoms with Gasteiger partial charge in [-0.1, -0.05) is 17.3 Å². The van der Waals surface area contributed by atoms with Crippen LogP contribution in [0.4, 0.5) is 10.1 Å². The van der Waals surface area contributed by atoms with Crippen LogP contribution in [0.15, 0.2) is 77.3 Å². The molecule has 0 radical (unpaired) electrons. The normalized spacial score (nSPS) is 10.6. The van der Waals surface area contributed by atoms with Gasteiger partial charge in [0.2, 0.25) is 5.82 Å². The molecule has 0 unspecified atom stereocenters. The number of anilines is 1. The first-order valence-electron chi connectivity index (χ1n) is 8.78. The Hall–Kier alpha value is -4.00. The van der Waals surface area contributed by atoms with E-state index in [1.165, 1.54) is 24.3 Å². The first-order valence-corrected chi connectivity index (χ1v) is 8.78. The van der Waals surface area contributed by atoms with E-state index in [-0.39, 0.29) is 11.8 Å². The number of nitrogens with one attached hydrogen (secondary N) is 1. The fourth-order valence-corrected chi connectivity index (χ4v) is 2.76. The Morgan fingerprint density at radius 1 is 1.00 bits per heavy atom. The molecular formula is C22H16FN3O3. The van der Waals surface area contributed by atoms with Crippen LogP contribution in [0.3, 0.4) is 0 Å². The van der Waals surface area contributed by atoms with Gasteiger partial charge in [0.15, 0.2) is 0 Å². The number of methoxy groups -OCH3 is 1. The number of nitrogens with zero attached hydrogens (tertiary/aromatic N) is 2. The van der Waals surface area contributed by atoms with Crippen molar-refractivity contribution in [1.29, 1.82) is 0 Å². The van der Waals surface area contributed by atoms with Gasteiger partial charge in [0, 0.05) is 11.1 Å². The lowest BCUT2D eigenvalue weighted by Gasteiger charge is -2.08. The van der Waals surface area contributed by atoms with E-state index < -0.39 is 5.82 Å². The Bertz CT molecular complexity index is 1140. The summed E-state index contributed by atoms with van der Waals surface area (Å²) in [6, 6.07) is 19.7. The molecule has 1 aromatic heterocycles. The minimum absolute atomic E-state index is 0.269. The average molecular weight is 389 g/mol. The Balaban J connectivity index is 1.60. The van der Waals surface area contributed by atoms with Gasteiger partial charge in [-0.3, -0.25) is 4.79 Å². The number of carbonyl (C=O) groups is 1. The van der Waals surface area contributed by atoms with Crippen LogP contribution in [0.25, 0.3) is 22.8 Å². The molecule has 3 aromatic carbocycles. The standard InChI is InChI=1S/C22H16FN3O3/c1-28-17-12-8-14(9-13-17)20-25-22(29-26-20)18-4-2-3-5-19(18)24-21(27)15-6-10-16(23)11-7-15/h2-13H,1H3,(H,24,27). The lowest BCUT2D eigenvalue weighted by Crippen LogP contribution is -2.12. The quantitative estimate of drug-likeness (QED) is 0.530. The van der Waals surface area contributed by atoms with Crippen LogP contribution in [-0.2, 0) is 0 Å². The number of benzene rings is 3. The molecule has 0 atom stereocenters. The highest BCUT2D eigenvalue weighted by molar-refractivity contribution is 6.05. The Morgan fingerprint density at radius 2 is 1.72 bits per heavy atom. The number of carbonyl (C=O) groups excluding carboxylic acids is 1. The molecule has 0 saturated heterocycles. The third kappa shape index (κ3) is 3.98. The Labute approximate surface area is 166 Å². The highest BCUT2D eigenvalue weighted by Crippen LogP contribution is 2.29. The van der Waals surface area contributed by atoms with Gasteiger partial charge in [0.25, 0.3) is 11.8 Å². The molecule has 0 saturated carbocycles. The van der Waals surface area contributed by atoms with Crippen molar-refractivity contribution in [2.45, 2.75) is 0 Å². The lowest BCUT2D eigenvalue weighted by molar-refractivity contribution is 0.102. The smallest absolute Gasteiger partial charge is 0.260 e. The lowest BCUT2D eigenvalue weighted by atomic mass is 10.1. The molecule has 0 spiro atoms. The second-order valence-electron chi connectivity index (χ2n) is 6.16. The van der Waals surface area contributed by atoms with Gasteiger partial charge in [-0.2, -0.15) is 4.98 Å². The molecule has 0 aliphatic heterocycles. The molecule has 1 N–H and O–H groups in total. The third-order valence-electron chi connectivity index (χ3n) is 4.29. The van der Waals surface area contributed by atoms with Gasteiger partial charge in [-0.15, -0.1) is 0 Å². The van der Waals surface area contributed by atoms with E-state index in [0.29, 0.717) is 22.6 Å². The van der Waals surface area contributed by atoms with E-state index >= 15 is 0 Å². The maximum Gasteiger partial charge on any atom is 0.260 e. The third-order valence-corrected chi connectivity index (χ3v) is 4.29. The number of amides is 1. The predicted molar refractivity (Wildman–Crippen MR) is 106 cm³/mol. The summed E-state index contributed by atoms with van der Waals surface area (Å²) >= 11 is 0. The van der Waals surface area contributed by atoms with Crippen LogP contribution < -0.4 is 10.1 Å². The molecule has 4 aromatic rings. The van der Waals surface area contributed by atoms with Crippen molar-refractivity contribution in [3.05, 3.63) is 84.2 Å². The molecule has 1 heterocycles. The van der Waals surface area contributed by atoms with Crippen molar-refractivity contribution < 1.29 is 18.4 Å². The zero-order valence-corrected chi connectivity index (χ0v) is 15.4. The highest BCUT2D eigenvalue weighted by Gasteiger charge is 2.16. The summed E-state index contributed by atoms with van der Waals surface area (Å²) in [5.74, 6) is 0.644. The summed E-state index contributed by atoms with van der Waals surface area (Å²) in [5, 5.41) is 6.83. The number of aromatic nitrogens is 2. The summed E-state index contributed by atoms with van der Waals surface area (Å²) < 4.78 is 23.6. The van der Waals surface area contributed by atoms with Crippen molar-refractivity contribution in [2.24, 2.45) is 0 Å². The zero-order chi connectivity index (χ0) is 20.2. The van der Waals surface area contributed by atoms with Crippen molar-refractivity contribution in [1.82, 2.24) is 10.1 Å². The minimum atomic E-state index is -0.404. The van der Waals surface area contributed by atoms with Gasteiger partial charge in [0.05, 0.1) is 18.4 Å². The van der Waals surface area contributed by atoms with Gasteiger partial charge in [-0.25, -0.2) is 4.39 Å². The van der Waals surface area contributed by atoms with Crippen molar-refractivity contribution in [3.63, 3.8) is 0 Å². The van der Waals surface area contributed by atoms with Crippen molar-refractivity contribution in [3.8, 4) is 28.6 Å². The van der Waals surface area contributed by atoms with E-state index in [9.17, 15) is 9.18 Å². The Morgan fingerprint density at radius 3 is 2.45 bits per heavy atom. The first kappa shape index (κ1) is 18.4. The fraction of sp³-hybridized carbons (Fsp3) is 0.0455. The van der Waals surface area contributed by atoms with Crippen LogP contribution in [0, 0.1) is 5.82 Å². The second kappa shape index (κ2) is 7.93. The first-order chi connectivity index (χ1) is 14.1. The number of hydrogen-bond acceptors (Lipinski definition) is 5. The van der Waals surface area contributed by atoms with Crippen molar-refractivity contribution in [2.75, 3.05) is 12.4 Å². The van der Waals surface area contributed by atoms with Gasteiger partial charge in [0.1, 0.15) is 11.6 Å². The number of hydrogen-bond donors (Lipinski definition) is 1. The summed E-state index contributed by atoms with van der Waals surface area (Å²) in [7, 11) is 1.60. The van der Waals surface area contributed by atoms with Gasteiger partial charge >= 0.3 is 0 Å². The number of ether oxygens (including phenoxy) is 1. The van der Waals surface area contributed by atoms with E-state index in [1.54, 1.807) is 31.4 Å². The van der Waals surface area contributed by atoms with Gasteiger partial charge < -0.3 is 14.6 Å². The summed E-state index contributed by atoms with van der Waals surface area (Å²) in [4.78, 5) is 16.9. The summed E-state index contributed by atoms with van der Waals surface area (Å²) in [6.45, 7) is 0. The maximum absolute atomic E-state index is 13.1. The predicted octanol–water partition coefficient (Wildman–Crippen LogP) is 4.80. The molecule has 6 nitrogen and oxygen atoms in total. The van der Waals surface area contributed by atoms with E-state index in [4.69, 9.17) is 9.26 Å². The summed E-state index contributed by atoms with van der Waals surface area (Å²) in [5.41, 5.74) is 2.20. The monoisotopic (exact) mass is 389 g/mol. The molecule has 7 heteroatoms. The van der Waals surface area contributed by atoms with Crippen LogP contribution in [0.5, 0.6) is 5.75 Å². The number of halogens is 1. The minimum Gasteiger partial charge on any atom is -0.497 e. The molecule has 0 aliphatic carbocycles. The molecule has 0 fully saturated rings. The number of para-hydroxylation sites is 1. The van der Waals surface area contributed by atoms with Gasteiger partial charge in [-0.05, 0) is 60.7 Å². The van der Waals surface area contributed by atoms with Crippen LogP contribution >= 0.6 is 0 Å². The largest absolute Gasteiger partial charge is 0.497 e. The fourth-order valence-electron chi connectivity index (χ4n) is 2.76. The SMILES string of the molecule is COc1ccc(-c2noc(-c3ccccc3NC(=O)c3ccc(F)cc3)n2)cc1. The maximum atomic E-state index is 13.1. The highest BCUT2D eigenvalue weighted by atomic mass is 19.1. The van der Waals surface area contributed by atoms with Crippen LogP contribution in [-0.4, -0.2) is 23.2 Å². The summed E-state index contributed by atoms with van der Waals surface area (Å²) in [6.07, 6.45) is 0. The van der Waals surface area contributed by atoms with Crippen LogP contribution in [0.2, 0.25) is 0 Å². The number of rotatable bonds is 5. The molecule has 0 aliphatic rings. The topological polar surface area (TPSA) is 77.3 Å². The van der Waals surface area contributed by atoms with Crippen LogP contribution in [0.1, 0.15) is 10.4 Å². The second-order valence-corrected chi connectivity index (χ2v) is 6.16. The Kier molecular flexibility index (Phi) is 5.03. The molecular weight excluding hydrogens is 373 g/mol. The molecule has 144 valence electrons. The molecule has 29 heavy (non-hydrogen) atoms. The average Bonchev–Trinajstić information content (AvgIpc) is 3.25. The van der Waals surface area contributed by atoms with E-state index in [2.05, 4.69) is 15.5 Å². The molecule has 0 bridgehead atoms. The van der Waals surface area contributed by atoms with Crippen molar-refractivity contribution >= 4 is 11.6 Å². The zero-order valence-electron chi connectivity index (χ0n) is 15.4. The van der Waals surface area contributed by atoms with E-state index in [1.807, 2.05) is 24.3 Å². The van der Waals surface area contributed by atoms with E-state index in [0.717, 1.165) is 11.3 Å². The molecule has 4 rings (SSSR count).